The maximum absolute atomic E-state index is 10.4. The third-order valence-corrected chi connectivity index (χ3v) is 11.4. The van der Waals surface area contributed by atoms with Crippen molar-refractivity contribution in [3.63, 3.8) is 0 Å². The fraction of sp³-hybridized carbons (Fsp3) is 0.674. The van der Waals surface area contributed by atoms with Crippen LogP contribution in [0.4, 0.5) is 0 Å². The highest BCUT2D eigenvalue weighted by Crippen LogP contribution is 2.38. The molecule has 5 aliphatic rings. The summed E-state index contributed by atoms with van der Waals surface area (Å²) in [6, 6.07) is 0. The molecule has 5 fully saturated rings. The highest BCUT2D eigenvalue weighted by atomic mass is 16.5. The summed E-state index contributed by atoms with van der Waals surface area (Å²) in [7, 11) is 0. The zero-order valence-electron chi connectivity index (χ0n) is 32.7. The predicted molar refractivity (Wildman–Crippen MR) is 211 cm³/mol. The summed E-state index contributed by atoms with van der Waals surface area (Å²) >= 11 is 0. The summed E-state index contributed by atoms with van der Waals surface area (Å²) in [5, 5.41) is 54.4. The molecule has 11 nitrogen and oxygen atoms in total. The summed E-state index contributed by atoms with van der Waals surface area (Å²) in [5.74, 6) is 1.77. The Hall–Kier alpha value is -3.06. The lowest BCUT2D eigenvalue weighted by molar-refractivity contribution is -0.145. The average molecular weight is 763 g/mol. The van der Waals surface area contributed by atoms with Crippen LogP contribution in [-0.2, 0) is 23.9 Å². The van der Waals surface area contributed by atoms with Crippen LogP contribution in [0.1, 0.15) is 78.1 Å². The Kier molecular flexibility index (Phi) is 27.6. The average Bonchev–Trinajstić information content (AvgIpc) is 3.08. The number of aliphatic hydroxyl groups is 6. The van der Waals surface area contributed by atoms with Crippen LogP contribution >= 0.6 is 0 Å². The molecule has 14 atom stereocenters. The highest BCUT2D eigenvalue weighted by molar-refractivity contribution is 5.66. The molecule has 0 heterocycles. The van der Waals surface area contributed by atoms with Gasteiger partial charge in [-0.3, -0.25) is 4.79 Å². The third kappa shape index (κ3) is 17.2. The Morgan fingerprint density at radius 1 is 0.556 bits per heavy atom. The van der Waals surface area contributed by atoms with E-state index in [9.17, 15) is 39.6 Å². The molecule has 0 unspecified atom stereocenters. The van der Waals surface area contributed by atoms with Crippen LogP contribution in [0.3, 0.4) is 0 Å². The van der Waals surface area contributed by atoms with Crippen LogP contribution in [-0.4, -0.2) is 99.7 Å². The summed E-state index contributed by atoms with van der Waals surface area (Å²) in [6.07, 6.45) is 18.8. The number of carbonyl (C=O) groups is 4. The van der Waals surface area contributed by atoms with Crippen LogP contribution in [0.2, 0.25) is 0 Å². The Balaban J connectivity index is 0.000000638. The lowest BCUT2D eigenvalue weighted by Gasteiger charge is -2.37. The first kappa shape index (κ1) is 50.9. The van der Waals surface area contributed by atoms with Gasteiger partial charge in [-0.1, -0.05) is 30.4 Å². The van der Waals surface area contributed by atoms with Crippen molar-refractivity contribution in [2.45, 2.75) is 102 Å². The van der Waals surface area contributed by atoms with Crippen molar-refractivity contribution in [3.8, 4) is 0 Å². The molecule has 0 spiro atoms. The first-order valence-corrected chi connectivity index (χ1v) is 19.3. The summed E-state index contributed by atoms with van der Waals surface area (Å²) in [5.41, 5.74) is 0. The molecule has 11 heteroatoms. The monoisotopic (exact) mass is 762 g/mol. The van der Waals surface area contributed by atoms with E-state index in [4.69, 9.17) is 14.9 Å². The molecule has 308 valence electrons. The summed E-state index contributed by atoms with van der Waals surface area (Å²) < 4.78 is 4.78. The molecule has 6 N–H and O–H groups in total. The largest absolute Gasteiger partial charge is 0.466 e. The van der Waals surface area contributed by atoms with Gasteiger partial charge in [-0.05, 0) is 107 Å². The Morgan fingerprint density at radius 2 is 0.852 bits per heavy atom. The van der Waals surface area contributed by atoms with Gasteiger partial charge in [-0.15, -0.1) is 32.9 Å². The van der Waals surface area contributed by atoms with Gasteiger partial charge >= 0.3 is 5.97 Å². The molecule has 0 aromatic carbocycles. The smallest absolute Gasteiger partial charge is 0.302 e. The topological polar surface area (TPSA) is 199 Å². The van der Waals surface area contributed by atoms with Crippen LogP contribution in [0.15, 0.2) is 63.3 Å². The first-order chi connectivity index (χ1) is 25.8. The number of ether oxygens (including phenoxy) is 1. The number of rotatable bonds is 15. The number of hydrogen-bond acceptors (Lipinski definition) is 11. The molecule has 0 bridgehead atoms. The second-order valence-corrected chi connectivity index (χ2v) is 14.7. The van der Waals surface area contributed by atoms with Crippen molar-refractivity contribution in [1.29, 1.82) is 0 Å². The van der Waals surface area contributed by atoms with E-state index in [1.807, 2.05) is 6.92 Å². The summed E-state index contributed by atoms with van der Waals surface area (Å²) in [6.45, 7) is 21.4. The summed E-state index contributed by atoms with van der Waals surface area (Å²) in [4.78, 5) is 41.2. The van der Waals surface area contributed by atoms with E-state index >= 15 is 0 Å². The molecule has 0 amide bonds. The SMILES string of the molecule is C=CC.C=C[C@@H](O)[C@@H]1CC[C@H]1C=O.C=C[C@@H](O)[C@@H]1CC[C@H]1CO.C=C[C@H](O)[C@@H]1CC[C@H]1C=O.C=C[C@H](O)[C@@H]1CC[C@H]1CO.CC(=O)OC[C@@H]1CC[C@H]1C=O. The zero-order valence-corrected chi connectivity index (χ0v) is 32.7. The Labute approximate surface area is 323 Å². The van der Waals surface area contributed by atoms with Gasteiger partial charge in [0.1, 0.15) is 18.9 Å². The van der Waals surface area contributed by atoms with Crippen LogP contribution in [0.5, 0.6) is 0 Å². The highest BCUT2D eigenvalue weighted by Gasteiger charge is 2.36. The molecule has 5 rings (SSSR count). The van der Waals surface area contributed by atoms with Crippen molar-refractivity contribution >= 4 is 24.8 Å². The van der Waals surface area contributed by atoms with Gasteiger partial charge in [0.2, 0.25) is 0 Å². The van der Waals surface area contributed by atoms with Gasteiger partial charge in [0.15, 0.2) is 0 Å². The minimum Gasteiger partial charge on any atom is -0.466 e. The van der Waals surface area contributed by atoms with E-state index < -0.39 is 24.4 Å². The minimum atomic E-state index is -0.482. The fourth-order valence-corrected chi connectivity index (χ4v) is 6.74. The lowest BCUT2D eigenvalue weighted by atomic mass is 9.71. The van der Waals surface area contributed by atoms with E-state index in [1.54, 1.807) is 18.2 Å². The van der Waals surface area contributed by atoms with Gasteiger partial charge in [0, 0.05) is 43.8 Å². The van der Waals surface area contributed by atoms with Gasteiger partial charge in [0.05, 0.1) is 31.0 Å². The number of hydrogen-bond donors (Lipinski definition) is 6. The van der Waals surface area contributed by atoms with E-state index in [0.717, 1.165) is 83.1 Å². The third-order valence-electron chi connectivity index (χ3n) is 11.4. The Morgan fingerprint density at radius 3 is 1.04 bits per heavy atom. The standard InChI is InChI=1S/C8H12O3.2C8H14O2.2C8H12O2.C3H6/c1-6(10)11-5-8-3-2-7(8)4-9;4*1-2-8(10)7-4-3-6(7)5-9;1-3-2/h4,7-8H,2-3,5H2,1H3;2*2,6-10H,1,3-5H2;2*2,5-8,10H,1,3-4H2;3H,1H2,2H3/t7-,8-;6-,7+,8+;6-,7+,8-;6-,7+,8+;6-,7+,8-;/m00000./s1. The molecule has 0 radical (unpaired) electrons. The molecular weight excluding hydrogens is 692 g/mol. The molecule has 54 heavy (non-hydrogen) atoms. The predicted octanol–water partition coefficient (Wildman–Crippen LogP) is 4.59. The quantitative estimate of drug-likeness (QED) is 0.0775. The van der Waals surface area contributed by atoms with Crippen molar-refractivity contribution in [3.05, 3.63) is 63.3 Å². The zero-order chi connectivity index (χ0) is 41.2. The van der Waals surface area contributed by atoms with Gasteiger partial charge in [-0.2, -0.15) is 0 Å². The molecule has 0 saturated heterocycles. The van der Waals surface area contributed by atoms with E-state index in [0.29, 0.717) is 18.4 Å². The lowest BCUT2D eigenvalue weighted by Crippen LogP contribution is -2.36. The molecule has 0 aliphatic heterocycles. The second-order valence-electron chi connectivity index (χ2n) is 14.7. The van der Waals surface area contributed by atoms with Crippen molar-refractivity contribution in [2.24, 2.45) is 59.2 Å². The van der Waals surface area contributed by atoms with Gasteiger partial charge < -0.3 is 49.8 Å². The maximum Gasteiger partial charge on any atom is 0.302 e. The minimum absolute atomic E-state index is 0.0769. The number of aldehydes is 3. The van der Waals surface area contributed by atoms with Gasteiger partial charge in [-0.25, -0.2) is 0 Å². The number of esters is 1. The Bertz CT molecular complexity index is 1040. The van der Waals surface area contributed by atoms with Crippen molar-refractivity contribution in [1.82, 2.24) is 0 Å². The molecule has 5 saturated carbocycles. The molecular formula is C43H70O11. The van der Waals surface area contributed by atoms with E-state index in [2.05, 4.69) is 32.9 Å². The normalized spacial score (nSPS) is 31.6. The molecule has 0 aromatic rings. The number of allylic oxidation sites excluding steroid dienone is 1. The van der Waals surface area contributed by atoms with Crippen LogP contribution in [0, 0.1) is 59.2 Å². The molecule has 0 aromatic heterocycles. The van der Waals surface area contributed by atoms with E-state index in [1.165, 1.54) is 19.1 Å². The first-order valence-electron chi connectivity index (χ1n) is 19.3. The second kappa shape index (κ2) is 29.3. The van der Waals surface area contributed by atoms with Crippen LogP contribution in [0.25, 0.3) is 0 Å². The fourth-order valence-electron chi connectivity index (χ4n) is 6.74. The number of carbonyl (C=O) groups excluding carboxylic acids is 4. The maximum atomic E-state index is 10.4. The van der Waals surface area contributed by atoms with Crippen LogP contribution < -0.4 is 0 Å². The van der Waals surface area contributed by atoms with Crippen molar-refractivity contribution in [2.75, 3.05) is 19.8 Å². The number of aliphatic hydroxyl groups excluding tert-OH is 6. The molecule has 5 aliphatic carbocycles. The van der Waals surface area contributed by atoms with Crippen molar-refractivity contribution < 1.29 is 54.6 Å². The van der Waals surface area contributed by atoms with E-state index in [-0.39, 0.29) is 66.5 Å². The van der Waals surface area contributed by atoms with Gasteiger partial charge in [0.25, 0.3) is 0 Å².